The monoisotopic (exact) mass is 390 g/mol. The number of rotatable bonds is 3. The molecule has 21 heavy (non-hydrogen) atoms. The number of aryl methyl sites for hydroxylation is 1. The predicted octanol–water partition coefficient (Wildman–Crippen LogP) is 3.90. The van der Waals surface area contributed by atoms with Gasteiger partial charge in [0.15, 0.2) is 5.82 Å². The minimum absolute atomic E-state index is 0.752. The molecular weight excluding hydrogens is 375 g/mol. The first-order valence-electron chi connectivity index (χ1n) is 6.82. The van der Waals surface area contributed by atoms with Gasteiger partial charge in [-0.15, -0.1) is 0 Å². The standard InChI is InChI=1S/C16H15IN4/c1-3-12-14(17)16(18-2)21-15(20-12)11-6-7-13-10(9-11)5-4-8-19-13/h4-9H,3H2,1-2H3,(H,18,20,21). The lowest BCUT2D eigenvalue weighted by Crippen LogP contribution is -2.04. The minimum atomic E-state index is 0.752. The zero-order chi connectivity index (χ0) is 14.8. The lowest BCUT2D eigenvalue weighted by Gasteiger charge is -2.10. The van der Waals surface area contributed by atoms with Crippen molar-refractivity contribution in [2.45, 2.75) is 13.3 Å². The Morgan fingerprint density at radius 2 is 2.05 bits per heavy atom. The van der Waals surface area contributed by atoms with Crippen LogP contribution in [0, 0.1) is 3.57 Å². The molecule has 0 aliphatic carbocycles. The van der Waals surface area contributed by atoms with Crippen LogP contribution in [-0.4, -0.2) is 22.0 Å². The highest BCUT2D eigenvalue weighted by Gasteiger charge is 2.11. The highest BCUT2D eigenvalue weighted by atomic mass is 127. The van der Waals surface area contributed by atoms with E-state index in [0.29, 0.717) is 0 Å². The first-order chi connectivity index (χ1) is 10.2. The molecule has 0 radical (unpaired) electrons. The van der Waals surface area contributed by atoms with Crippen LogP contribution in [0.1, 0.15) is 12.6 Å². The third-order valence-corrected chi connectivity index (χ3v) is 4.49. The van der Waals surface area contributed by atoms with Crippen molar-refractivity contribution < 1.29 is 0 Å². The first-order valence-corrected chi connectivity index (χ1v) is 7.90. The van der Waals surface area contributed by atoms with E-state index in [1.165, 1.54) is 0 Å². The predicted molar refractivity (Wildman–Crippen MR) is 94.4 cm³/mol. The molecule has 0 amide bonds. The van der Waals surface area contributed by atoms with Crippen LogP contribution in [0.3, 0.4) is 0 Å². The summed E-state index contributed by atoms with van der Waals surface area (Å²) in [5.41, 5.74) is 3.06. The smallest absolute Gasteiger partial charge is 0.161 e. The number of halogens is 1. The van der Waals surface area contributed by atoms with Gasteiger partial charge in [0.1, 0.15) is 5.82 Å². The lowest BCUT2D eigenvalue weighted by atomic mass is 10.1. The van der Waals surface area contributed by atoms with Crippen molar-refractivity contribution in [1.82, 2.24) is 15.0 Å². The van der Waals surface area contributed by atoms with Crippen molar-refractivity contribution in [3.05, 3.63) is 45.8 Å². The second-order valence-electron chi connectivity index (χ2n) is 4.67. The van der Waals surface area contributed by atoms with Gasteiger partial charge in [0, 0.05) is 24.2 Å². The molecule has 106 valence electrons. The summed E-state index contributed by atoms with van der Waals surface area (Å²) in [5, 5.41) is 4.24. The second kappa shape index (κ2) is 5.93. The van der Waals surface area contributed by atoms with E-state index in [0.717, 1.165) is 43.8 Å². The molecule has 2 aromatic heterocycles. The topological polar surface area (TPSA) is 50.7 Å². The van der Waals surface area contributed by atoms with Gasteiger partial charge in [-0.1, -0.05) is 13.0 Å². The summed E-state index contributed by atoms with van der Waals surface area (Å²) < 4.78 is 1.09. The van der Waals surface area contributed by atoms with Crippen LogP contribution < -0.4 is 5.32 Å². The van der Waals surface area contributed by atoms with E-state index in [2.05, 4.69) is 56.9 Å². The van der Waals surface area contributed by atoms with Gasteiger partial charge < -0.3 is 5.32 Å². The maximum atomic E-state index is 4.70. The molecule has 1 N–H and O–H groups in total. The SMILES string of the molecule is CCc1nc(-c2ccc3ncccc3c2)nc(NC)c1I. The van der Waals surface area contributed by atoms with E-state index < -0.39 is 0 Å². The van der Waals surface area contributed by atoms with Crippen molar-refractivity contribution in [1.29, 1.82) is 0 Å². The number of nitrogens with zero attached hydrogens (tertiary/aromatic N) is 3. The molecule has 0 unspecified atom stereocenters. The van der Waals surface area contributed by atoms with Gasteiger partial charge in [0.25, 0.3) is 0 Å². The van der Waals surface area contributed by atoms with E-state index >= 15 is 0 Å². The Morgan fingerprint density at radius 3 is 2.81 bits per heavy atom. The van der Waals surface area contributed by atoms with Crippen LogP contribution >= 0.6 is 22.6 Å². The summed E-state index contributed by atoms with van der Waals surface area (Å²) in [7, 11) is 1.89. The Morgan fingerprint density at radius 1 is 1.19 bits per heavy atom. The van der Waals surface area contributed by atoms with E-state index in [9.17, 15) is 0 Å². The average molecular weight is 390 g/mol. The molecule has 0 aliphatic rings. The highest BCUT2D eigenvalue weighted by molar-refractivity contribution is 14.1. The van der Waals surface area contributed by atoms with E-state index in [4.69, 9.17) is 4.98 Å². The number of hydrogen-bond donors (Lipinski definition) is 1. The molecular formula is C16H15IN4. The van der Waals surface area contributed by atoms with Gasteiger partial charge >= 0.3 is 0 Å². The van der Waals surface area contributed by atoms with Crippen LogP contribution in [-0.2, 0) is 6.42 Å². The van der Waals surface area contributed by atoms with Gasteiger partial charge in [0.2, 0.25) is 0 Å². The lowest BCUT2D eigenvalue weighted by molar-refractivity contribution is 0.990. The molecule has 0 saturated carbocycles. The second-order valence-corrected chi connectivity index (χ2v) is 5.75. The number of pyridine rings is 1. The molecule has 0 fully saturated rings. The van der Waals surface area contributed by atoms with Gasteiger partial charge in [0.05, 0.1) is 14.8 Å². The quantitative estimate of drug-likeness (QED) is 0.690. The molecule has 4 nitrogen and oxygen atoms in total. The Hall–Kier alpha value is -1.76. The fourth-order valence-corrected chi connectivity index (χ4v) is 3.13. The average Bonchev–Trinajstić information content (AvgIpc) is 2.54. The van der Waals surface area contributed by atoms with Crippen LogP contribution in [0.25, 0.3) is 22.3 Å². The van der Waals surface area contributed by atoms with Crippen molar-refractivity contribution in [3.63, 3.8) is 0 Å². The van der Waals surface area contributed by atoms with E-state index in [1.807, 2.05) is 25.2 Å². The maximum Gasteiger partial charge on any atom is 0.161 e. The van der Waals surface area contributed by atoms with Crippen molar-refractivity contribution in [3.8, 4) is 11.4 Å². The molecule has 0 atom stereocenters. The Bertz CT molecular complexity index is 776. The number of aromatic nitrogens is 3. The van der Waals surface area contributed by atoms with Crippen LogP contribution in [0.2, 0.25) is 0 Å². The number of hydrogen-bond acceptors (Lipinski definition) is 4. The normalized spacial score (nSPS) is 10.8. The number of benzene rings is 1. The molecule has 3 aromatic rings. The first kappa shape index (κ1) is 14.2. The molecule has 1 aromatic carbocycles. The molecule has 0 spiro atoms. The summed E-state index contributed by atoms with van der Waals surface area (Å²) in [6, 6.07) is 10.1. The van der Waals surface area contributed by atoms with Gasteiger partial charge in [-0.3, -0.25) is 4.98 Å². The maximum absolute atomic E-state index is 4.70. The summed E-state index contributed by atoms with van der Waals surface area (Å²) in [5.74, 6) is 1.63. The Balaban J connectivity index is 2.17. The fourth-order valence-electron chi connectivity index (χ4n) is 2.24. The van der Waals surface area contributed by atoms with E-state index in [-0.39, 0.29) is 0 Å². The number of anilines is 1. The fraction of sp³-hybridized carbons (Fsp3) is 0.188. The summed E-state index contributed by atoms with van der Waals surface area (Å²) in [6.45, 7) is 2.11. The van der Waals surface area contributed by atoms with Gasteiger partial charge in [-0.25, -0.2) is 9.97 Å². The summed E-state index contributed by atoms with van der Waals surface area (Å²) in [6.07, 6.45) is 2.69. The van der Waals surface area contributed by atoms with Crippen molar-refractivity contribution in [2.24, 2.45) is 0 Å². The van der Waals surface area contributed by atoms with Gasteiger partial charge in [-0.2, -0.15) is 0 Å². The minimum Gasteiger partial charge on any atom is -0.372 e. The highest BCUT2D eigenvalue weighted by Crippen LogP contribution is 2.26. The van der Waals surface area contributed by atoms with Crippen LogP contribution in [0.15, 0.2) is 36.5 Å². The van der Waals surface area contributed by atoms with Crippen molar-refractivity contribution in [2.75, 3.05) is 12.4 Å². The Labute approximate surface area is 137 Å². The number of fused-ring (bicyclic) bond motifs is 1. The molecule has 3 rings (SSSR count). The zero-order valence-electron chi connectivity index (χ0n) is 11.9. The van der Waals surface area contributed by atoms with Gasteiger partial charge in [-0.05, 0) is 53.3 Å². The third-order valence-electron chi connectivity index (χ3n) is 3.35. The zero-order valence-corrected chi connectivity index (χ0v) is 14.0. The largest absolute Gasteiger partial charge is 0.372 e. The number of nitrogens with one attached hydrogen (secondary N) is 1. The molecule has 0 bridgehead atoms. The molecule has 0 saturated heterocycles. The van der Waals surface area contributed by atoms with Crippen molar-refractivity contribution >= 4 is 39.3 Å². The van der Waals surface area contributed by atoms with E-state index in [1.54, 1.807) is 6.20 Å². The molecule has 5 heteroatoms. The molecule has 2 heterocycles. The summed E-state index contributed by atoms with van der Waals surface area (Å²) >= 11 is 2.29. The van der Waals surface area contributed by atoms with Crippen LogP contribution in [0.5, 0.6) is 0 Å². The molecule has 0 aliphatic heterocycles. The third kappa shape index (κ3) is 2.70. The van der Waals surface area contributed by atoms with Crippen LogP contribution in [0.4, 0.5) is 5.82 Å². The Kier molecular flexibility index (Phi) is 4.01. The summed E-state index contributed by atoms with van der Waals surface area (Å²) in [4.78, 5) is 13.7.